The lowest BCUT2D eigenvalue weighted by Gasteiger charge is -2.22. The van der Waals surface area contributed by atoms with Gasteiger partial charge in [-0.1, -0.05) is 34.0 Å². The van der Waals surface area contributed by atoms with Crippen LogP contribution in [-0.2, 0) is 5.41 Å². The SMILES string of the molecule is C#CC(C)(C)c1ccc(C)c(Br)c1C. The molecule has 0 aliphatic rings. The molecule has 0 spiro atoms. The number of hydrogen-bond acceptors (Lipinski definition) is 0. The highest BCUT2D eigenvalue weighted by molar-refractivity contribution is 9.10. The van der Waals surface area contributed by atoms with Crippen LogP contribution < -0.4 is 0 Å². The van der Waals surface area contributed by atoms with Gasteiger partial charge in [-0.2, -0.15) is 0 Å². The Morgan fingerprint density at radius 2 is 1.86 bits per heavy atom. The Balaban J connectivity index is 3.41. The second-order valence-corrected chi connectivity index (χ2v) is 4.93. The van der Waals surface area contributed by atoms with Gasteiger partial charge in [-0.05, 0) is 44.4 Å². The average Bonchev–Trinajstić information content (AvgIpc) is 2.14. The summed E-state index contributed by atoms with van der Waals surface area (Å²) in [6.45, 7) is 8.32. The minimum absolute atomic E-state index is 0.194. The van der Waals surface area contributed by atoms with E-state index in [1.165, 1.54) is 21.2 Å². The number of hydrogen-bond donors (Lipinski definition) is 0. The molecule has 0 saturated carbocycles. The molecular formula is C13H15Br. The second-order valence-electron chi connectivity index (χ2n) is 4.14. The third-order valence-electron chi connectivity index (χ3n) is 2.61. The van der Waals surface area contributed by atoms with E-state index in [1.807, 2.05) is 0 Å². The molecule has 74 valence electrons. The van der Waals surface area contributed by atoms with Crippen molar-refractivity contribution in [3.8, 4) is 12.3 Å². The lowest BCUT2D eigenvalue weighted by molar-refractivity contribution is 0.692. The first-order chi connectivity index (χ1) is 6.40. The van der Waals surface area contributed by atoms with Crippen molar-refractivity contribution in [2.24, 2.45) is 0 Å². The smallest absolute Gasteiger partial charge is 0.0507 e. The van der Waals surface area contributed by atoms with Crippen molar-refractivity contribution in [2.45, 2.75) is 33.1 Å². The molecule has 1 aromatic carbocycles. The summed E-state index contributed by atoms with van der Waals surface area (Å²) in [7, 11) is 0. The standard InChI is InChI=1S/C13H15Br/c1-6-13(4,5)11-8-7-9(2)12(14)10(11)3/h1,7-8H,2-5H3. The van der Waals surface area contributed by atoms with Crippen LogP contribution in [0.1, 0.15) is 30.5 Å². The minimum Gasteiger partial charge on any atom is -0.119 e. The van der Waals surface area contributed by atoms with Gasteiger partial charge in [0.15, 0.2) is 0 Å². The Morgan fingerprint density at radius 1 is 1.29 bits per heavy atom. The Bertz CT molecular complexity index is 394. The number of aryl methyl sites for hydroxylation is 1. The largest absolute Gasteiger partial charge is 0.119 e. The molecule has 0 unspecified atom stereocenters. The Kier molecular flexibility index (Phi) is 3.07. The molecule has 0 radical (unpaired) electrons. The van der Waals surface area contributed by atoms with Gasteiger partial charge in [-0.15, -0.1) is 6.42 Å². The van der Waals surface area contributed by atoms with Crippen LogP contribution in [0.15, 0.2) is 16.6 Å². The van der Waals surface area contributed by atoms with E-state index in [-0.39, 0.29) is 5.41 Å². The zero-order valence-electron chi connectivity index (χ0n) is 9.11. The van der Waals surface area contributed by atoms with Crippen molar-refractivity contribution in [2.75, 3.05) is 0 Å². The van der Waals surface area contributed by atoms with E-state index < -0.39 is 0 Å². The first-order valence-electron chi connectivity index (χ1n) is 4.64. The summed E-state index contributed by atoms with van der Waals surface area (Å²) in [5.41, 5.74) is 3.52. The van der Waals surface area contributed by atoms with E-state index >= 15 is 0 Å². The number of rotatable bonds is 1. The predicted molar refractivity (Wildman–Crippen MR) is 65.5 cm³/mol. The van der Waals surface area contributed by atoms with Crippen molar-refractivity contribution >= 4 is 15.9 Å². The first-order valence-corrected chi connectivity index (χ1v) is 5.43. The maximum atomic E-state index is 5.53. The van der Waals surface area contributed by atoms with Crippen LogP contribution >= 0.6 is 15.9 Å². The highest BCUT2D eigenvalue weighted by Crippen LogP contribution is 2.31. The van der Waals surface area contributed by atoms with Crippen molar-refractivity contribution < 1.29 is 0 Å². The average molecular weight is 251 g/mol. The molecule has 0 aliphatic heterocycles. The molecule has 0 amide bonds. The van der Waals surface area contributed by atoms with Crippen LogP contribution in [0.3, 0.4) is 0 Å². The van der Waals surface area contributed by atoms with Gasteiger partial charge in [0.05, 0.1) is 5.41 Å². The normalized spacial score (nSPS) is 11.1. The van der Waals surface area contributed by atoms with Crippen LogP contribution in [0, 0.1) is 26.2 Å². The van der Waals surface area contributed by atoms with E-state index in [4.69, 9.17) is 6.42 Å². The lowest BCUT2D eigenvalue weighted by Crippen LogP contribution is -2.15. The number of halogens is 1. The summed E-state index contributed by atoms with van der Waals surface area (Å²) >= 11 is 3.58. The fraction of sp³-hybridized carbons (Fsp3) is 0.385. The number of benzene rings is 1. The monoisotopic (exact) mass is 250 g/mol. The Labute approximate surface area is 94.9 Å². The number of terminal acetylenes is 1. The molecule has 1 aromatic rings. The highest BCUT2D eigenvalue weighted by atomic mass is 79.9. The third kappa shape index (κ3) is 1.86. The van der Waals surface area contributed by atoms with E-state index in [0.717, 1.165) is 0 Å². The molecule has 0 heterocycles. The van der Waals surface area contributed by atoms with Crippen LogP contribution in [0.5, 0.6) is 0 Å². The van der Waals surface area contributed by atoms with Gasteiger partial charge in [0.25, 0.3) is 0 Å². The molecule has 0 fully saturated rings. The summed E-state index contributed by atoms with van der Waals surface area (Å²) in [5.74, 6) is 2.82. The zero-order chi connectivity index (χ0) is 10.9. The van der Waals surface area contributed by atoms with Crippen molar-refractivity contribution in [3.63, 3.8) is 0 Å². The quantitative estimate of drug-likeness (QED) is 0.662. The van der Waals surface area contributed by atoms with Crippen molar-refractivity contribution in [1.29, 1.82) is 0 Å². The summed E-state index contributed by atoms with van der Waals surface area (Å²) in [6.07, 6.45) is 5.53. The van der Waals surface area contributed by atoms with Crippen molar-refractivity contribution in [1.82, 2.24) is 0 Å². The zero-order valence-corrected chi connectivity index (χ0v) is 10.7. The van der Waals surface area contributed by atoms with E-state index in [9.17, 15) is 0 Å². The molecule has 0 nitrogen and oxygen atoms in total. The second kappa shape index (κ2) is 3.79. The Morgan fingerprint density at radius 3 is 2.36 bits per heavy atom. The molecular weight excluding hydrogens is 236 g/mol. The Hall–Kier alpha value is -0.740. The molecule has 1 rings (SSSR count). The van der Waals surface area contributed by atoms with Crippen LogP contribution in [0.2, 0.25) is 0 Å². The molecule has 0 aliphatic carbocycles. The van der Waals surface area contributed by atoms with E-state index in [2.05, 4.69) is 61.7 Å². The molecule has 0 bridgehead atoms. The van der Waals surface area contributed by atoms with Gasteiger partial charge in [0.1, 0.15) is 0 Å². The molecule has 0 N–H and O–H groups in total. The van der Waals surface area contributed by atoms with Crippen LogP contribution in [0.4, 0.5) is 0 Å². The molecule has 14 heavy (non-hydrogen) atoms. The fourth-order valence-electron chi connectivity index (χ4n) is 1.58. The molecule has 1 heteroatoms. The van der Waals surface area contributed by atoms with Crippen LogP contribution in [0.25, 0.3) is 0 Å². The van der Waals surface area contributed by atoms with Gasteiger partial charge in [0, 0.05) is 4.47 Å². The maximum absolute atomic E-state index is 5.53. The molecule has 0 atom stereocenters. The third-order valence-corrected chi connectivity index (χ3v) is 3.83. The predicted octanol–water partition coefficient (Wildman–Crippen LogP) is 3.98. The summed E-state index contributed by atoms with van der Waals surface area (Å²) in [4.78, 5) is 0. The van der Waals surface area contributed by atoms with Gasteiger partial charge >= 0.3 is 0 Å². The van der Waals surface area contributed by atoms with Crippen LogP contribution in [-0.4, -0.2) is 0 Å². The van der Waals surface area contributed by atoms with E-state index in [0.29, 0.717) is 0 Å². The lowest BCUT2D eigenvalue weighted by atomic mass is 9.82. The minimum atomic E-state index is -0.194. The maximum Gasteiger partial charge on any atom is 0.0507 e. The van der Waals surface area contributed by atoms with Gasteiger partial charge in [-0.3, -0.25) is 0 Å². The summed E-state index contributed by atoms with van der Waals surface area (Å²) in [5, 5.41) is 0. The van der Waals surface area contributed by atoms with Crippen molar-refractivity contribution in [3.05, 3.63) is 33.3 Å². The van der Waals surface area contributed by atoms with Gasteiger partial charge < -0.3 is 0 Å². The van der Waals surface area contributed by atoms with E-state index in [1.54, 1.807) is 0 Å². The fourth-order valence-corrected chi connectivity index (χ4v) is 1.92. The van der Waals surface area contributed by atoms with Gasteiger partial charge in [0.2, 0.25) is 0 Å². The first kappa shape index (κ1) is 11.3. The topological polar surface area (TPSA) is 0 Å². The molecule has 0 aromatic heterocycles. The molecule has 0 saturated heterocycles. The summed E-state index contributed by atoms with van der Waals surface area (Å²) in [6, 6.07) is 4.22. The van der Waals surface area contributed by atoms with Gasteiger partial charge in [-0.25, -0.2) is 0 Å². The highest BCUT2D eigenvalue weighted by Gasteiger charge is 2.20. The summed E-state index contributed by atoms with van der Waals surface area (Å²) < 4.78 is 1.17.